The third kappa shape index (κ3) is 5.72. The van der Waals surface area contributed by atoms with Crippen molar-refractivity contribution in [2.75, 3.05) is 11.9 Å². The average Bonchev–Trinajstić information content (AvgIpc) is 2.73. The monoisotopic (exact) mass is 392 g/mol. The Morgan fingerprint density at radius 2 is 1.62 bits per heavy atom. The van der Waals surface area contributed by atoms with E-state index < -0.39 is 5.97 Å². The maximum atomic E-state index is 13.2. The van der Waals surface area contributed by atoms with Crippen molar-refractivity contribution in [1.29, 1.82) is 0 Å². The number of anilines is 1. The van der Waals surface area contributed by atoms with E-state index in [1.807, 2.05) is 36.4 Å². The van der Waals surface area contributed by atoms with Crippen molar-refractivity contribution >= 4 is 17.6 Å². The molecule has 0 saturated heterocycles. The smallest absolute Gasteiger partial charge is 0.306 e. The molecule has 6 heteroatoms. The fourth-order valence-corrected chi connectivity index (χ4v) is 2.81. The van der Waals surface area contributed by atoms with Gasteiger partial charge in [-0.15, -0.1) is 0 Å². The van der Waals surface area contributed by atoms with Gasteiger partial charge in [-0.2, -0.15) is 0 Å². The van der Waals surface area contributed by atoms with Crippen LogP contribution in [0.3, 0.4) is 0 Å². The van der Waals surface area contributed by atoms with Gasteiger partial charge in [0.05, 0.1) is 24.4 Å². The molecule has 1 aromatic heterocycles. The number of carbonyl (C=O) groups is 2. The molecular weight excluding hydrogens is 371 g/mol. The zero-order valence-electron chi connectivity index (χ0n) is 16.0. The summed E-state index contributed by atoms with van der Waals surface area (Å²) in [5, 5.41) is 2.79. The number of carbonyl (C=O) groups excluding carboxylic acids is 2. The Kier molecular flexibility index (Phi) is 6.68. The summed E-state index contributed by atoms with van der Waals surface area (Å²) in [5.74, 6) is -0.947. The number of halogens is 1. The zero-order valence-corrected chi connectivity index (χ0v) is 16.0. The molecule has 0 bridgehead atoms. The minimum absolute atomic E-state index is 0.0423. The summed E-state index contributed by atoms with van der Waals surface area (Å²) in [7, 11) is 0. The predicted molar refractivity (Wildman–Crippen MR) is 110 cm³/mol. The normalized spacial score (nSPS) is 10.4. The van der Waals surface area contributed by atoms with Gasteiger partial charge in [-0.1, -0.05) is 18.2 Å². The zero-order chi connectivity index (χ0) is 20.6. The third-order valence-corrected chi connectivity index (χ3v) is 4.19. The fraction of sp³-hybridized carbons (Fsp3) is 0.174. The van der Waals surface area contributed by atoms with Crippen LogP contribution in [-0.2, 0) is 14.3 Å². The van der Waals surface area contributed by atoms with Crippen molar-refractivity contribution in [3.05, 3.63) is 72.5 Å². The van der Waals surface area contributed by atoms with Crippen LogP contribution in [0.4, 0.5) is 10.1 Å². The van der Waals surface area contributed by atoms with Crippen LogP contribution in [0.2, 0.25) is 0 Å². The standard InChI is InChI=1S/C23H21FN2O3/c1-2-29-23(28)14-13-22(27)25-19-6-3-5-17(15-19)21-8-4-7-20(26-21)16-9-11-18(24)12-10-16/h3-12,15H,2,13-14H2,1H3,(H,25,27). The molecule has 148 valence electrons. The number of amides is 1. The van der Waals surface area contributed by atoms with E-state index in [2.05, 4.69) is 10.3 Å². The van der Waals surface area contributed by atoms with Crippen molar-refractivity contribution < 1.29 is 18.7 Å². The Hall–Kier alpha value is -3.54. The van der Waals surface area contributed by atoms with Crippen LogP contribution in [0.1, 0.15) is 19.8 Å². The summed E-state index contributed by atoms with van der Waals surface area (Å²) in [6.45, 7) is 2.02. The van der Waals surface area contributed by atoms with Crippen LogP contribution in [0.25, 0.3) is 22.5 Å². The minimum atomic E-state index is -0.391. The first-order chi connectivity index (χ1) is 14.0. The summed E-state index contributed by atoms with van der Waals surface area (Å²) >= 11 is 0. The molecule has 29 heavy (non-hydrogen) atoms. The van der Waals surface area contributed by atoms with Gasteiger partial charge in [0.2, 0.25) is 5.91 Å². The number of ether oxygens (including phenoxy) is 1. The van der Waals surface area contributed by atoms with Crippen LogP contribution in [0, 0.1) is 5.82 Å². The molecule has 3 rings (SSSR count). The van der Waals surface area contributed by atoms with Gasteiger partial charge in [0.1, 0.15) is 5.82 Å². The first kappa shape index (κ1) is 20.2. The van der Waals surface area contributed by atoms with Crippen molar-refractivity contribution in [3.8, 4) is 22.5 Å². The number of rotatable bonds is 7. The van der Waals surface area contributed by atoms with Crippen LogP contribution in [-0.4, -0.2) is 23.5 Å². The lowest BCUT2D eigenvalue weighted by Crippen LogP contribution is -2.14. The summed E-state index contributed by atoms with van der Waals surface area (Å²) < 4.78 is 18.0. The summed E-state index contributed by atoms with van der Waals surface area (Å²) in [4.78, 5) is 28.1. The molecule has 2 aromatic carbocycles. The lowest BCUT2D eigenvalue weighted by molar-refractivity contribution is -0.144. The molecule has 0 unspecified atom stereocenters. The van der Waals surface area contributed by atoms with Gasteiger partial charge >= 0.3 is 5.97 Å². The van der Waals surface area contributed by atoms with E-state index in [4.69, 9.17) is 4.74 Å². The van der Waals surface area contributed by atoms with Gasteiger partial charge in [0.15, 0.2) is 0 Å². The second kappa shape index (κ2) is 9.59. The first-order valence-corrected chi connectivity index (χ1v) is 9.34. The molecule has 0 radical (unpaired) electrons. The molecule has 0 aliphatic heterocycles. The molecular formula is C23H21FN2O3. The highest BCUT2D eigenvalue weighted by Gasteiger charge is 2.09. The van der Waals surface area contributed by atoms with E-state index in [0.29, 0.717) is 12.3 Å². The highest BCUT2D eigenvalue weighted by molar-refractivity contribution is 5.93. The maximum absolute atomic E-state index is 13.2. The molecule has 0 aliphatic rings. The summed E-state index contributed by atoms with van der Waals surface area (Å²) in [6, 6.07) is 19.1. The summed E-state index contributed by atoms with van der Waals surface area (Å²) in [5.41, 5.74) is 3.72. The van der Waals surface area contributed by atoms with Crippen LogP contribution in [0.15, 0.2) is 66.7 Å². The number of nitrogens with zero attached hydrogens (tertiary/aromatic N) is 1. The number of nitrogens with one attached hydrogen (secondary N) is 1. The molecule has 1 N–H and O–H groups in total. The number of benzene rings is 2. The van der Waals surface area contributed by atoms with Gasteiger partial charge in [-0.25, -0.2) is 9.37 Å². The first-order valence-electron chi connectivity index (χ1n) is 9.34. The molecule has 0 aliphatic carbocycles. The summed E-state index contributed by atoms with van der Waals surface area (Å²) in [6.07, 6.45) is 0.0992. The van der Waals surface area contributed by atoms with Crippen LogP contribution in [0.5, 0.6) is 0 Å². The van der Waals surface area contributed by atoms with Crippen molar-refractivity contribution in [3.63, 3.8) is 0 Å². The van der Waals surface area contributed by atoms with E-state index in [1.165, 1.54) is 12.1 Å². The van der Waals surface area contributed by atoms with Gasteiger partial charge in [0.25, 0.3) is 0 Å². The highest BCUT2D eigenvalue weighted by Crippen LogP contribution is 2.25. The Labute approximate surface area is 168 Å². The molecule has 1 heterocycles. The molecule has 5 nitrogen and oxygen atoms in total. The number of hydrogen-bond acceptors (Lipinski definition) is 4. The SMILES string of the molecule is CCOC(=O)CCC(=O)Nc1cccc(-c2cccc(-c3ccc(F)cc3)n2)c1. The second-order valence-corrected chi connectivity index (χ2v) is 6.35. The van der Waals surface area contributed by atoms with Crippen molar-refractivity contribution in [1.82, 2.24) is 4.98 Å². The Bertz CT molecular complexity index is 1000. The lowest BCUT2D eigenvalue weighted by Gasteiger charge is -2.09. The van der Waals surface area contributed by atoms with Crippen molar-refractivity contribution in [2.45, 2.75) is 19.8 Å². The number of esters is 1. The lowest BCUT2D eigenvalue weighted by atomic mass is 10.1. The number of hydrogen-bond donors (Lipinski definition) is 1. The molecule has 3 aromatic rings. The quantitative estimate of drug-likeness (QED) is 0.585. The molecule has 0 saturated carbocycles. The number of pyridine rings is 1. The second-order valence-electron chi connectivity index (χ2n) is 6.35. The largest absolute Gasteiger partial charge is 0.466 e. The topological polar surface area (TPSA) is 68.3 Å². The molecule has 0 atom stereocenters. The maximum Gasteiger partial charge on any atom is 0.306 e. The molecule has 0 fully saturated rings. The fourth-order valence-electron chi connectivity index (χ4n) is 2.81. The minimum Gasteiger partial charge on any atom is -0.466 e. The predicted octanol–water partition coefficient (Wildman–Crippen LogP) is 4.84. The van der Waals surface area contributed by atoms with E-state index in [1.54, 1.807) is 25.1 Å². The van der Waals surface area contributed by atoms with E-state index in [-0.39, 0.29) is 24.6 Å². The van der Waals surface area contributed by atoms with Crippen molar-refractivity contribution in [2.24, 2.45) is 0 Å². The van der Waals surface area contributed by atoms with Gasteiger partial charge in [-0.3, -0.25) is 9.59 Å². The number of aromatic nitrogens is 1. The van der Waals surface area contributed by atoms with Gasteiger partial charge < -0.3 is 10.1 Å². The highest BCUT2D eigenvalue weighted by atomic mass is 19.1. The molecule has 1 amide bonds. The van der Waals surface area contributed by atoms with E-state index in [9.17, 15) is 14.0 Å². The molecule has 0 spiro atoms. The van der Waals surface area contributed by atoms with Gasteiger partial charge in [-0.05, 0) is 55.5 Å². The Morgan fingerprint density at radius 1 is 0.931 bits per heavy atom. The van der Waals surface area contributed by atoms with E-state index >= 15 is 0 Å². The van der Waals surface area contributed by atoms with Crippen LogP contribution < -0.4 is 5.32 Å². The van der Waals surface area contributed by atoms with E-state index in [0.717, 1.165) is 22.5 Å². The Balaban J connectivity index is 1.72. The van der Waals surface area contributed by atoms with Gasteiger partial charge in [0, 0.05) is 23.2 Å². The van der Waals surface area contributed by atoms with Crippen LogP contribution >= 0.6 is 0 Å². The Morgan fingerprint density at radius 3 is 2.34 bits per heavy atom. The average molecular weight is 392 g/mol. The third-order valence-electron chi connectivity index (χ3n) is 4.19.